The molecule has 0 aliphatic rings. The lowest BCUT2D eigenvalue weighted by atomic mass is 10.1. The summed E-state index contributed by atoms with van der Waals surface area (Å²) in [5.74, 6) is 0.0397. The second-order valence-electron chi connectivity index (χ2n) is 3.18. The van der Waals surface area contributed by atoms with Crippen LogP contribution < -0.4 is 0 Å². The molecule has 17 heavy (non-hydrogen) atoms. The summed E-state index contributed by atoms with van der Waals surface area (Å²) >= 11 is 12.4. The van der Waals surface area contributed by atoms with Gasteiger partial charge in [0.05, 0.1) is 11.7 Å². The first kappa shape index (κ1) is 14.7. The van der Waals surface area contributed by atoms with E-state index in [1.807, 2.05) is 0 Å². The quantitative estimate of drug-likeness (QED) is 0.819. The van der Waals surface area contributed by atoms with Gasteiger partial charge in [-0.05, 0) is 0 Å². The molecule has 5 nitrogen and oxygen atoms in total. The minimum absolute atomic E-state index is 0.0237. The Labute approximate surface area is 112 Å². The van der Waals surface area contributed by atoms with E-state index in [1.165, 1.54) is 6.92 Å². The van der Waals surface area contributed by atoms with Gasteiger partial charge in [-0.1, -0.05) is 35.0 Å². The van der Waals surface area contributed by atoms with Gasteiger partial charge in [0.25, 0.3) is 0 Å². The molecule has 0 saturated carbocycles. The molecule has 0 amide bonds. The zero-order valence-corrected chi connectivity index (χ0v) is 11.1. The van der Waals surface area contributed by atoms with Crippen LogP contribution in [-0.2, 0) is 4.79 Å². The van der Waals surface area contributed by atoms with E-state index >= 15 is 0 Å². The van der Waals surface area contributed by atoms with Gasteiger partial charge in [0.2, 0.25) is 0 Å². The topological polar surface area (TPSA) is 83.3 Å². The van der Waals surface area contributed by atoms with Crippen molar-refractivity contribution in [2.45, 2.75) is 19.1 Å². The van der Waals surface area contributed by atoms with Crippen molar-refractivity contribution in [1.82, 2.24) is 9.97 Å². The Bertz CT molecular complexity index is 399. The number of aromatic nitrogens is 2. The predicted octanol–water partition coefficient (Wildman–Crippen LogP) is 1.46. The number of aliphatic hydroxyl groups excluding tert-OH is 2. The van der Waals surface area contributed by atoms with E-state index in [-0.39, 0.29) is 26.7 Å². The number of hydrogen-bond donors (Lipinski definition) is 2. The molecule has 0 fully saturated rings. The van der Waals surface area contributed by atoms with Gasteiger partial charge < -0.3 is 10.2 Å². The molecule has 0 saturated heterocycles. The number of thioether (sulfide) groups is 1. The zero-order valence-electron chi connectivity index (χ0n) is 8.80. The van der Waals surface area contributed by atoms with E-state index in [0.29, 0.717) is 0 Å². The van der Waals surface area contributed by atoms with Gasteiger partial charge in [-0.2, -0.15) is 0 Å². The molecule has 0 radical (unpaired) electrons. The standard InChI is InChI=1S/C9H10Cl2N2O3S/c1-4(14)17-2-5(15)7(16)6-8(10)12-3-13-9(6)11/h3,5,7,15-16H,2H2,1H3. The summed E-state index contributed by atoms with van der Waals surface area (Å²) in [4.78, 5) is 18.1. The molecule has 2 unspecified atom stereocenters. The first-order valence-corrected chi connectivity index (χ1v) is 6.33. The van der Waals surface area contributed by atoms with Crippen molar-refractivity contribution in [3.05, 3.63) is 22.2 Å². The highest BCUT2D eigenvalue weighted by atomic mass is 35.5. The second kappa shape index (κ2) is 6.51. The monoisotopic (exact) mass is 296 g/mol. The number of carbonyl (C=O) groups is 1. The lowest BCUT2D eigenvalue weighted by Gasteiger charge is -2.18. The fraction of sp³-hybridized carbons (Fsp3) is 0.444. The highest BCUT2D eigenvalue weighted by Gasteiger charge is 2.25. The van der Waals surface area contributed by atoms with Crippen molar-refractivity contribution in [3.8, 4) is 0 Å². The van der Waals surface area contributed by atoms with Gasteiger partial charge >= 0.3 is 0 Å². The molecule has 0 aliphatic heterocycles. The van der Waals surface area contributed by atoms with Gasteiger partial charge in [-0.15, -0.1) is 0 Å². The Kier molecular flexibility index (Phi) is 5.61. The number of hydrogen-bond acceptors (Lipinski definition) is 6. The van der Waals surface area contributed by atoms with Gasteiger partial charge in [-0.3, -0.25) is 4.79 Å². The van der Waals surface area contributed by atoms with E-state index in [0.717, 1.165) is 18.1 Å². The Morgan fingerprint density at radius 3 is 2.41 bits per heavy atom. The second-order valence-corrected chi connectivity index (χ2v) is 5.10. The number of carbonyl (C=O) groups excluding carboxylic acids is 1. The Morgan fingerprint density at radius 1 is 1.41 bits per heavy atom. The smallest absolute Gasteiger partial charge is 0.185 e. The summed E-state index contributed by atoms with van der Waals surface area (Å²) in [5, 5.41) is 19.3. The summed E-state index contributed by atoms with van der Waals surface area (Å²) in [6, 6.07) is 0. The van der Waals surface area contributed by atoms with E-state index in [1.54, 1.807) is 0 Å². The van der Waals surface area contributed by atoms with Crippen LogP contribution in [0.25, 0.3) is 0 Å². The maximum Gasteiger partial charge on any atom is 0.185 e. The Morgan fingerprint density at radius 2 is 1.94 bits per heavy atom. The number of nitrogens with zero attached hydrogens (tertiary/aromatic N) is 2. The third-order valence-electron chi connectivity index (χ3n) is 1.90. The summed E-state index contributed by atoms with van der Waals surface area (Å²) in [6.07, 6.45) is -1.36. The minimum Gasteiger partial charge on any atom is -0.389 e. The highest BCUT2D eigenvalue weighted by molar-refractivity contribution is 8.13. The number of aliphatic hydroxyl groups is 2. The molecular formula is C9H10Cl2N2O3S. The number of halogens is 2. The molecule has 0 aromatic carbocycles. The molecule has 2 atom stereocenters. The van der Waals surface area contributed by atoms with Crippen LogP contribution in [0.3, 0.4) is 0 Å². The lowest BCUT2D eigenvalue weighted by Crippen LogP contribution is -2.22. The van der Waals surface area contributed by atoms with Crippen LogP contribution in [-0.4, -0.2) is 37.2 Å². The molecule has 94 valence electrons. The maximum absolute atomic E-state index is 10.7. The fourth-order valence-electron chi connectivity index (χ4n) is 1.08. The Hall–Kier alpha value is -0.400. The number of rotatable bonds is 4. The van der Waals surface area contributed by atoms with Crippen LogP contribution in [0.4, 0.5) is 0 Å². The van der Waals surface area contributed by atoms with Gasteiger partial charge in [0, 0.05) is 12.7 Å². The van der Waals surface area contributed by atoms with Crippen LogP contribution in [0.5, 0.6) is 0 Å². The van der Waals surface area contributed by atoms with Gasteiger partial charge in [0.1, 0.15) is 22.7 Å². The fourth-order valence-corrected chi connectivity index (χ4v) is 2.21. The van der Waals surface area contributed by atoms with Crippen molar-refractivity contribution in [3.63, 3.8) is 0 Å². The SMILES string of the molecule is CC(=O)SCC(O)C(O)c1c(Cl)ncnc1Cl. The predicted molar refractivity (Wildman–Crippen MR) is 66.2 cm³/mol. The van der Waals surface area contributed by atoms with Crippen LogP contribution in [0.15, 0.2) is 6.33 Å². The van der Waals surface area contributed by atoms with Crippen molar-refractivity contribution in [1.29, 1.82) is 0 Å². The highest BCUT2D eigenvalue weighted by Crippen LogP contribution is 2.29. The third-order valence-corrected chi connectivity index (χ3v) is 3.42. The lowest BCUT2D eigenvalue weighted by molar-refractivity contribution is -0.109. The summed E-state index contributed by atoms with van der Waals surface area (Å²) in [5.41, 5.74) is 0.0625. The van der Waals surface area contributed by atoms with Gasteiger partial charge in [0.15, 0.2) is 5.12 Å². The molecule has 1 aromatic rings. The molecule has 0 aliphatic carbocycles. The van der Waals surface area contributed by atoms with Gasteiger partial charge in [-0.25, -0.2) is 9.97 Å². The molecule has 8 heteroatoms. The maximum atomic E-state index is 10.7. The van der Waals surface area contributed by atoms with E-state index in [4.69, 9.17) is 23.2 Å². The van der Waals surface area contributed by atoms with Crippen LogP contribution >= 0.6 is 35.0 Å². The Balaban J connectivity index is 2.81. The zero-order chi connectivity index (χ0) is 13.0. The average Bonchev–Trinajstić information content (AvgIpc) is 2.25. The van der Waals surface area contributed by atoms with E-state index in [2.05, 4.69) is 9.97 Å². The molecule has 0 spiro atoms. The van der Waals surface area contributed by atoms with E-state index in [9.17, 15) is 15.0 Å². The van der Waals surface area contributed by atoms with E-state index < -0.39 is 12.2 Å². The van der Waals surface area contributed by atoms with Crippen molar-refractivity contribution < 1.29 is 15.0 Å². The average molecular weight is 297 g/mol. The normalized spacial score (nSPS) is 14.4. The molecule has 1 heterocycles. The molecule has 1 aromatic heterocycles. The summed E-state index contributed by atoms with van der Waals surface area (Å²) in [6.45, 7) is 1.37. The van der Waals surface area contributed by atoms with Crippen LogP contribution in [0, 0.1) is 0 Å². The van der Waals surface area contributed by atoms with Crippen molar-refractivity contribution in [2.24, 2.45) is 0 Å². The first-order valence-electron chi connectivity index (χ1n) is 4.59. The first-order chi connectivity index (χ1) is 7.93. The third kappa shape index (κ3) is 4.08. The largest absolute Gasteiger partial charge is 0.389 e. The van der Waals surface area contributed by atoms with Crippen LogP contribution in [0.2, 0.25) is 10.3 Å². The molecule has 1 rings (SSSR count). The molecule has 0 bridgehead atoms. The van der Waals surface area contributed by atoms with Crippen molar-refractivity contribution >= 4 is 40.1 Å². The minimum atomic E-state index is -1.33. The summed E-state index contributed by atoms with van der Waals surface area (Å²) < 4.78 is 0. The molecule has 2 N–H and O–H groups in total. The molecular weight excluding hydrogens is 287 g/mol. The summed E-state index contributed by atoms with van der Waals surface area (Å²) in [7, 11) is 0. The van der Waals surface area contributed by atoms with Crippen molar-refractivity contribution in [2.75, 3.05) is 5.75 Å². The van der Waals surface area contributed by atoms with Crippen LogP contribution in [0.1, 0.15) is 18.6 Å².